The maximum Gasteiger partial charge on any atom is 0.164 e. The van der Waals surface area contributed by atoms with Gasteiger partial charge in [-0.15, -0.1) is 0 Å². The van der Waals surface area contributed by atoms with Crippen LogP contribution in [0.25, 0.3) is 0 Å². The van der Waals surface area contributed by atoms with Gasteiger partial charge >= 0.3 is 0 Å². The van der Waals surface area contributed by atoms with E-state index in [1.165, 1.54) is 0 Å². The largest absolute Gasteiger partial charge is 0.490 e. The van der Waals surface area contributed by atoms with Gasteiger partial charge in [0.2, 0.25) is 0 Å². The van der Waals surface area contributed by atoms with Crippen molar-refractivity contribution in [3.63, 3.8) is 0 Å². The number of aryl methyl sites for hydroxylation is 1. The molecule has 0 saturated carbocycles. The van der Waals surface area contributed by atoms with Crippen LogP contribution in [0.15, 0.2) is 18.2 Å². The molecule has 0 aromatic heterocycles. The van der Waals surface area contributed by atoms with Gasteiger partial charge in [0.25, 0.3) is 0 Å². The lowest BCUT2D eigenvalue weighted by molar-refractivity contribution is 0.223. The topological polar surface area (TPSA) is 18.5 Å². The van der Waals surface area contributed by atoms with Gasteiger partial charge in [-0.05, 0) is 39.3 Å². The van der Waals surface area contributed by atoms with Gasteiger partial charge < -0.3 is 9.47 Å². The highest BCUT2D eigenvalue weighted by atomic mass is 16.5. The Bertz CT molecular complexity index is 292. The summed E-state index contributed by atoms with van der Waals surface area (Å²) < 4.78 is 11.2. The summed E-state index contributed by atoms with van der Waals surface area (Å²) in [7, 11) is 0. The Kier molecular flexibility index (Phi) is 3.81. The number of hydrogen-bond acceptors (Lipinski definition) is 2. The van der Waals surface area contributed by atoms with Gasteiger partial charge in [-0.1, -0.05) is 12.1 Å². The number of hydrogen-bond donors (Lipinski definition) is 0. The molecule has 2 heteroatoms. The molecular weight excluding hydrogens is 176 g/mol. The first kappa shape index (κ1) is 10.9. The molecule has 1 aromatic rings. The molecule has 0 N–H and O–H groups in total. The Labute approximate surface area is 85.8 Å². The molecule has 0 heterocycles. The van der Waals surface area contributed by atoms with Crippen LogP contribution in [0.1, 0.15) is 26.3 Å². The minimum Gasteiger partial charge on any atom is -0.490 e. The van der Waals surface area contributed by atoms with E-state index < -0.39 is 0 Å². The minimum atomic E-state index is 0.177. The first-order chi connectivity index (χ1) is 6.65. The van der Waals surface area contributed by atoms with E-state index >= 15 is 0 Å². The molecule has 0 fully saturated rings. The van der Waals surface area contributed by atoms with E-state index in [0.29, 0.717) is 6.61 Å². The lowest BCUT2D eigenvalue weighted by Crippen LogP contribution is -2.07. The zero-order chi connectivity index (χ0) is 10.6. The Morgan fingerprint density at radius 2 is 2.00 bits per heavy atom. The summed E-state index contributed by atoms with van der Waals surface area (Å²) >= 11 is 0. The molecule has 0 spiro atoms. The second kappa shape index (κ2) is 4.89. The fraction of sp³-hybridized carbons (Fsp3) is 0.500. The highest BCUT2D eigenvalue weighted by molar-refractivity contribution is 5.45. The molecule has 0 aliphatic rings. The van der Waals surface area contributed by atoms with Gasteiger partial charge in [-0.25, -0.2) is 0 Å². The van der Waals surface area contributed by atoms with Crippen molar-refractivity contribution in [2.75, 3.05) is 6.61 Å². The lowest BCUT2D eigenvalue weighted by Gasteiger charge is -2.15. The van der Waals surface area contributed by atoms with E-state index in [9.17, 15) is 0 Å². The van der Waals surface area contributed by atoms with E-state index in [4.69, 9.17) is 9.47 Å². The molecule has 1 aromatic carbocycles. The van der Waals surface area contributed by atoms with Crippen LogP contribution < -0.4 is 9.47 Å². The van der Waals surface area contributed by atoms with Gasteiger partial charge in [-0.2, -0.15) is 0 Å². The third-order valence-electron chi connectivity index (χ3n) is 1.83. The molecule has 0 unspecified atom stereocenters. The van der Waals surface area contributed by atoms with E-state index in [-0.39, 0.29) is 6.10 Å². The summed E-state index contributed by atoms with van der Waals surface area (Å²) in [6, 6.07) is 5.95. The van der Waals surface area contributed by atoms with Gasteiger partial charge in [0.05, 0.1) is 12.7 Å². The maximum absolute atomic E-state index is 5.65. The van der Waals surface area contributed by atoms with Crippen molar-refractivity contribution in [3.8, 4) is 11.5 Å². The number of ether oxygens (including phenoxy) is 2. The van der Waals surface area contributed by atoms with E-state index in [0.717, 1.165) is 17.1 Å². The molecule has 0 amide bonds. The van der Waals surface area contributed by atoms with Gasteiger partial charge in [0.15, 0.2) is 11.5 Å². The van der Waals surface area contributed by atoms with Crippen molar-refractivity contribution in [1.82, 2.24) is 0 Å². The van der Waals surface area contributed by atoms with Crippen LogP contribution in [0.2, 0.25) is 0 Å². The van der Waals surface area contributed by atoms with E-state index in [2.05, 4.69) is 0 Å². The monoisotopic (exact) mass is 194 g/mol. The summed E-state index contributed by atoms with van der Waals surface area (Å²) in [6.07, 6.45) is 0.177. The van der Waals surface area contributed by atoms with Crippen LogP contribution in [-0.4, -0.2) is 12.7 Å². The number of para-hydroxylation sites is 1. The molecule has 0 radical (unpaired) electrons. The fourth-order valence-electron chi connectivity index (χ4n) is 1.30. The predicted molar refractivity (Wildman–Crippen MR) is 58.1 cm³/mol. The van der Waals surface area contributed by atoms with Crippen LogP contribution in [0, 0.1) is 6.92 Å². The molecule has 0 aliphatic heterocycles. The average molecular weight is 194 g/mol. The van der Waals surface area contributed by atoms with Crippen LogP contribution in [0.3, 0.4) is 0 Å². The predicted octanol–water partition coefficient (Wildman–Crippen LogP) is 3.18. The summed E-state index contributed by atoms with van der Waals surface area (Å²) in [5.74, 6) is 1.70. The molecule has 2 nitrogen and oxygen atoms in total. The molecule has 1 rings (SSSR count). The standard InChI is InChI=1S/C12H18O2/c1-5-13-12-10(4)7-6-8-11(12)14-9(2)3/h6-9H,5H2,1-4H3. The van der Waals surface area contributed by atoms with Crippen LogP contribution in [-0.2, 0) is 0 Å². The molecule has 0 bridgehead atoms. The smallest absolute Gasteiger partial charge is 0.164 e. The molecule has 0 aliphatic carbocycles. The number of rotatable bonds is 4. The van der Waals surface area contributed by atoms with Crippen molar-refractivity contribution >= 4 is 0 Å². The van der Waals surface area contributed by atoms with Crippen LogP contribution in [0.5, 0.6) is 11.5 Å². The SMILES string of the molecule is CCOc1c(C)cccc1OC(C)C. The van der Waals surface area contributed by atoms with Crippen molar-refractivity contribution in [3.05, 3.63) is 23.8 Å². The van der Waals surface area contributed by atoms with Crippen molar-refractivity contribution in [2.24, 2.45) is 0 Å². The second-order valence-electron chi connectivity index (χ2n) is 3.50. The first-order valence-corrected chi connectivity index (χ1v) is 5.04. The summed E-state index contributed by atoms with van der Waals surface area (Å²) in [5, 5.41) is 0. The molecule has 14 heavy (non-hydrogen) atoms. The molecule has 78 valence electrons. The van der Waals surface area contributed by atoms with Gasteiger partial charge in [0, 0.05) is 0 Å². The van der Waals surface area contributed by atoms with Gasteiger partial charge in [-0.3, -0.25) is 0 Å². The van der Waals surface area contributed by atoms with Crippen molar-refractivity contribution in [2.45, 2.75) is 33.8 Å². The van der Waals surface area contributed by atoms with E-state index in [1.807, 2.05) is 45.9 Å². The molecule has 0 saturated heterocycles. The summed E-state index contributed by atoms with van der Waals surface area (Å²) in [6.45, 7) is 8.69. The second-order valence-corrected chi connectivity index (χ2v) is 3.50. The first-order valence-electron chi connectivity index (χ1n) is 5.04. The Balaban J connectivity index is 2.95. The van der Waals surface area contributed by atoms with Crippen LogP contribution >= 0.6 is 0 Å². The Hall–Kier alpha value is -1.18. The third-order valence-corrected chi connectivity index (χ3v) is 1.83. The summed E-state index contributed by atoms with van der Waals surface area (Å²) in [5.41, 5.74) is 1.12. The summed E-state index contributed by atoms with van der Waals surface area (Å²) in [4.78, 5) is 0. The fourth-order valence-corrected chi connectivity index (χ4v) is 1.30. The molecule has 0 atom stereocenters. The highest BCUT2D eigenvalue weighted by Gasteiger charge is 2.08. The lowest BCUT2D eigenvalue weighted by atomic mass is 10.2. The normalized spacial score (nSPS) is 10.4. The zero-order valence-electron chi connectivity index (χ0n) is 9.33. The van der Waals surface area contributed by atoms with Crippen molar-refractivity contribution in [1.29, 1.82) is 0 Å². The zero-order valence-corrected chi connectivity index (χ0v) is 9.33. The van der Waals surface area contributed by atoms with Crippen LogP contribution in [0.4, 0.5) is 0 Å². The quantitative estimate of drug-likeness (QED) is 0.733. The third kappa shape index (κ3) is 2.66. The van der Waals surface area contributed by atoms with E-state index in [1.54, 1.807) is 0 Å². The van der Waals surface area contributed by atoms with Gasteiger partial charge in [0.1, 0.15) is 0 Å². The maximum atomic E-state index is 5.65. The minimum absolute atomic E-state index is 0.177. The average Bonchev–Trinajstić information content (AvgIpc) is 2.10. The Morgan fingerprint density at radius 1 is 1.29 bits per heavy atom. The molecular formula is C12H18O2. The van der Waals surface area contributed by atoms with Crippen molar-refractivity contribution < 1.29 is 9.47 Å². The highest BCUT2D eigenvalue weighted by Crippen LogP contribution is 2.31. The Morgan fingerprint density at radius 3 is 2.57 bits per heavy atom. The number of benzene rings is 1.